The highest BCUT2D eigenvalue weighted by Gasteiger charge is 2.19. The fourth-order valence-corrected chi connectivity index (χ4v) is 2.80. The van der Waals surface area contributed by atoms with Crippen LogP contribution in [0.15, 0.2) is 12.1 Å². The van der Waals surface area contributed by atoms with Crippen LogP contribution in [-0.4, -0.2) is 19.1 Å². The predicted octanol–water partition coefficient (Wildman–Crippen LogP) is 3.35. The first-order valence-electron chi connectivity index (χ1n) is 7.26. The lowest BCUT2D eigenvalue weighted by atomic mass is 9.87. The average molecular weight is 276 g/mol. The highest BCUT2D eigenvalue weighted by Crippen LogP contribution is 2.28. The van der Waals surface area contributed by atoms with Gasteiger partial charge in [-0.25, -0.2) is 4.79 Å². The van der Waals surface area contributed by atoms with Crippen LogP contribution in [0.2, 0.25) is 0 Å². The number of rotatable bonds is 3. The second-order valence-electron chi connectivity index (χ2n) is 5.85. The van der Waals surface area contributed by atoms with Gasteiger partial charge in [0.05, 0.1) is 12.7 Å². The first-order valence-corrected chi connectivity index (χ1v) is 7.26. The van der Waals surface area contributed by atoms with Crippen LogP contribution in [0.3, 0.4) is 0 Å². The van der Waals surface area contributed by atoms with E-state index in [0.717, 1.165) is 17.2 Å². The number of methoxy groups -OCH3 is 1. The van der Waals surface area contributed by atoms with Crippen LogP contribution in [0, 0.1) is 12.8 Å². The Balaban J connectivity index is 2.16. The monoisotopic (exact) mass is 276 g/mol. The number of carbonyl (C=O) groups excluding carboxylic acids is 1. The number of benzene rings is 1. The van der Waals surface area contributed by atoms with Crippen molar-refractivity contribution in [1.29, 1.82) is 0 Å². The molecule has 0 aromatic heterocycles. The Kier molecular flexibility index (Phi) is 4.53. The summed E-state index contributed by atoms with van der Waals surface area (Å²) in [5.41, 5.74) is 8.75. The summed E-state index contributed by atoms with van der Waals surface area (Å²) in [6.07, 6.45) is 4.88. The fraction of sp³-hybridized carbons (Fsp3) is 0.562. The average Bonchev–Trinajstić information content (AvgIpc) is 2.44. The molecule has 110 valence electrons. The van der Waals surface area contributed by atoms with Crippen molar-refractivity contribution in [2.24, 2.45) is 5.92 Å². The van der Waals surface area contributed by atoms with Crippen molar-refractivity contribution < 1.29 is 9.53 Å². The van der Waals surface area contributed by atoms with E-state index in [1.54, 1.807) is 6.07 Å². The predicted molar refractivity (Wildman–Crippen MR) is 82.0 cm³/mol. The summed E-state index contributed by atoms with van der Waals surface area (Å²) in [7, 11) is 1.37. The van der Waals surface area contributed by atoms with Crippen molar-refractivity contribution in [3.63, 3.8) is 0 Å². The summed E-state index contributed by atoms with van der Waals surface area (Å²) >= 11 is 0. The third-order valence-electron chi connectivity index (χ3n) is 4.18. The van der Waals surface area contributed by atoms with Crippen molar-refractivity contribution in [2.45, 2.75) is 45.6 Å². The Morgan fingerprint density at radius 1 is 1.30 bits per heavy atom. The SMILES string of the molecule is COC(=O)c1cc(NC2CCC(C)CC2)cc(C)c1N. The van der Waals surface area contributed by atoms with Crippen LogP contribution < -0.4 is 11.1 Å². The van der Waals surface area contributed by atoms with E-state index >= 15 is 0 Å². The van der Waals surface area contributed by atoms with Gasteiger partial charge in [-0.1, -0.05) is 6.92 Å². The van der Waals surface area contributed by atoms with E-state index < -0.39 is 0 Å². The fourth-order valence-electron chi connectivity index (χ4n) is 2.80. The zero-order chi connectivity index (χ0) is 14.7. The zero-order valence-electron chi connectivity index (χ0n) is 12.5. The van der Waals surface area contributed by atoms with Gasteiger partial charge in [-0.05, 0) is 56.2 Å². The molecule has 0 radical (unpaired) electrons. The van der Waals surface area contributed by atoms with Crippen LogP contribution in [0.4, 0.5) is 11.4 Å². The van der Waals surface area contributed by atoms with E-state index in [1.165, 1.54) is 32.8 Å². The van der Waals surface area contributed by atoms with Crippen LogP contribution in [0.1, 0.15) is 48.5 Å². The number of esters is 1. The molecule has 1 aromatic carbocycles. The molecule has 1 aromatic rings. The Hall–Kier alpha value is -1.71. The smallest absolute Gasteiger partial charge is 0.340 e. The van der Waals surface area contributed by atoms with Gasteiger partial charge >= 0.3 is 5.97 Å². The largest absolute Gasteiger partial charge is 0.465 e. The maximum absolute atomic E-state index is 11.7. The maximum Gasteiger partial charge on any atom is 0.340 e. The first-order chi connectivity index (χ1) is 9.51. The minimum atomic E-state index is -0.383. The molecule has 2 rings (SSSR count). The zero-order valence-corrected chi connectivity index (χ0v) is 12.5. The number of ether oxygens (including phenoxy) is 1. The number of nitrogens with two attached hydrogens (primary N) is 1. The van der Waals surface area contributed by atoms with Crippen LogP contribution in [-0.2, 0) is 4.74 Å². The van der Waals surface area contributed by atoms with Gasteiger partial charge in [0.2, 0.25) is 0 Å². The highest BCUT2D eigenvalue weighted by molar-refractivity contribution is 5.97. The first kappa shape index (κ1) is 14.7. The molecule has 0 aliphatic heterocycles. The molecule has 0 amide bonds. The maximum atomic E-state index is 11.7. The quantitative estimate of drug-likeness (QED) is 0.656. The molecule has 0 spiro atoms. The second kappa shape index (κ2) is 6.16. The molecular weight excluding hydrogens is 252 g/mol. The van der Waals surface area contributed by atoms with Gasteiger partial charge < -0.3 is 15.8 Å². The van der Waals surface area contributed by atoms with Crippen molar-refractivity contribution in [3.8, 4) is 0 Å². The third kappa shape index (κ3) is 3.24. The summed E-state index contributed by atoms with van der Waals surface area (Å²) in [4.78, 5) is 11.7. The molecule has 1 saturated carbocycles. The highest BCUT2D eigenvalue weighted by atomic mass is 16.5. The number of hydrogen-bond donors (Lipinski definition) is 2. The summed E-state index contributed by atoms with van der Waals surface area (Å²) < 4.78 is 4.78. The van der Waals surface area contributed by atoms with Gasteiger partial charge in [-0.2, -0.15) is 0 Å². The Labute approximate surface area is 120 Å². The van der Waals surface area contributed by atoms with E-state index in [9.17, 15) is 4.79 Å². The Bertz CT molecular complexity index is 491. The van der Waals surface area contributed by atoms with Crippen molar-refractivity contribution in [1.82, 2.24) is 0 Å². The van der Waals surface area contributed by atoms with Crippen LogP contribution in [0.25, 0.3) is 0 Å². The molecule has 0 unspecified atom stereocenters. The van der Waals surface area contributed by atoms with E-state index in [2.05, 4.69) is 12.2 Å². The molecule has 3 N–H and O–H groups in total. The molecule has 1 fully saturated rings. The molecular formula is C16H24N2O2. The second-order valence-corrected chi connectivity index (χ2v) is 5.85. The minimum Gasteiger partial charge on any atom is -0.465 e. The molecule has 1 aliphatic rings. The third-order valence-corrected chi connectivity index (χ3v) is 4.18. The standard InChI is InChI=1S/C16H24N2O2/c1-10-4-6-12(7-5-10)18-13-8-11(2)15(17)14(9-13)16(19)20-3/h8-10,12,18H,4-7,17H2,1-3H3. The van der Waals surface area contributed by atoms with Crippen molar-refractivity contribution in [3.05, 3.63) is 23.3 Å². The molecule has 0 heterocycles. The summed E-state index contributed by atoms with van der Waals surface area (Å²) in [6.45, 7) is 4.22. The van der Waals surface area contributed by atoms with Gasteiger partial charge in [0, 0.05) is 17.4 Å². The Morgan fingerprint density at radius 2 is 1.95 bits per heavy atom. The lowest BCUT2D eigenvalue weighted by Crippen LogP contribution is -2.25. The number of aryl methyl sites for hydroxylation is 1. The van der Waals surface area contributed by atoms with Gasteiger partial charge in [-0.15, -0.1) is 0 Å². The van der Waals surface area contributed by atoms with Gasteiger partial charge in [0.15, 0.2) is 0 Å². The van der Waals surface area contributed by atoms with E-state index in [1.807, 2.05) is 13.0 Å². The van der Waals surface area contributed by atoms with E-state index in [4.69, 9.17) is 10.5 Å². The van der Waals surface area contributed by atoms with E-state index in [0.29, 0.717) is 17.3 Å². The van der Waals surface area contributed by atoms with Crippen molar-refractivity contribution >= 4 is 17.3 Å². The molecule has 0 atom stereocenters. The van der Waals surface area contributed by atoms with Crippen LogP contribution in [0.5, 0.6) is 0 Å². The molecule has 0 bridgehead atoms. The number of nitrogens with one attached hydrogen (secondary N) is 1. The summed E-state index contributed by atoms with van der Waals surface area (Å²) in [6, 6.07) is 4.28. The number of anilines is 2. The number of nitrogen functional groups attached to an aromatic ring is 1. The van der Waals surface area contributed by atoms with E-state index in [-0.39, 0.29) is 5.97 Å². The topological polar surface area (TPSA) is 64.3 Å². The van der Waals surface area contributed by atoms with Crippen LogP contribution >= 0.6 is 0 Å². The summed E-state index contributed by atoms with van der Waals surface area (Å²) in [5.74, 6) is 0.443. The number of carbonyl (C=O) groups is 1. The minimum absolute atomic E-state index is 0.383. The van der Waals surface area contributed by atoms with Crippen molar-refractivity contribution in [2.75, 3.05) is 18.2 Å². The summed E-state index contributed by atoms with van der Waals surface area (Å²) in [5, 5.41) is 3.53. The molecule has 4 heteroatoms. The molecule has 4 nitrogen and oxygen atoms in total. The number of hydrogen-bond acceptors (Lipinski definition) is 4. The van der Waals surface area contributed by atoms with Gasteiger partial charge in [0.1, 0.15) is 0 Å². The van der Waals surface area contributed by atoms with Gasteiger partial charge in [0.25, 0.3) is 0 Å². The lowest BCUT2D eigenvalue weighted by Gasteiger charge is -2.28. The molecule has 0 saturated heterocycles. The Morgan fingerprint density at radius 3 is 2.55 bits per heavy atom. The lowest BCUT2D eigenvalue weighted by molar-refractivity contribution is 0.0602. The molecule has 1 aliphatic carbocycles. The molecule has 20 heavy (non-hydrogen) atoms. The normalized spacial score (nSPS) is 22.4. The van der Waals surface area contributed by atoms with Gasteiger partial charge in [-0.3, -0.25) is 0 Å².